The van der Waals surface area contributed by atoms with Crippen LogP contribution in [0.4, 0.5) is 5.69 Å². The number of carbonyl (C=O) groups excluding carboxylic acids is 2. The number of aromatic nitrogens is 3. The number of amides is 1. The summed E-state index contributed by atoms with van der Waals surface area (Å²) in [5.41, 5.74) is 3.81. The predicted molar refractivity (Wildman–Crippen MR) is 114 cm³/mol. The average Bonchev–Trinajstić information content (AvgIpc) is 3.17. The molecule has 1 amide bonds. The standard InChI is InChI=1S/C23H20N4O3/c1-3-27-20(26-19-11-6-12-24-21(19)27)15-7-4-8-16(13-15)22(28)25-18-10-5-9-17(14-18)23(29)30-2/h4-14H,3H2,1-2H3,(H,25,28). The van der Waals surface area contributed by atoms with Gasteiger partial charge in [-0.3, -0.25) is 4.79 Å². The van der Waals surface area contributed by atoms with Gasteiger partial charge in [-0.25, -0.2) is 14.8 Å². The van der Waals surface area contributed by atoms with E-state index in [1.807, 2.05) is 35.8 Å². The maximum absolute atomic E-state index is 12.8. The third-order valence-corrected chi connectivity index (χ3v) is 4.74. The van der Waals surface area contributed by atoms with Crippen molar-refractivity contribution in [1.82, 2.24) is 14.5 Å². The van der Waals surface area contributed by atoms with Gasteiger partial charge >= 0.3 is 5.97 Å². The van der Waals surface area contributed by atoms with Gasteiger partial charge in [0, 0.05) is 29.6 Å². The number of carbonyl (C=O) groups is 2. The van der Waals surface area contributed by atoms with Crippen molar-refractivity contribution in [2.75, 3.05) is 12.4 Å². The number of anilines is 1. The molecule has 0 saturated heterocycles. The Bertz CT molecular complexity index is 1250. The van der Waals surface area contributed by atoms with Crippen LogP contribution in [0.15, 0.2) is 66.9 Å². The van der Waals surface area contributed by atoms with E-state index >= 15 is 0 Å². The van der Waals surface area contributed by atoms with E-state index in [1.165, 1.54) is 7.11 Å². The SMILES string of the molecule is CCn1c(-c2cccc(C(=O)Nc3cccc(C(=O)OC)c3)c2)nc2cccnc21. The normalized spacial score (nSPS) is 10.7. The number of hydrogen-bond acceptors (Lipinski definition) is 5. The molecule has 0 saturated carbocycles. The van der Waals surface area contributed by atoms with Crippen molar-refractivity contribution in [3.05, 3.63) is 78.0 Å². The zero-order valence-corrected chi connectivity index (χ0v) is 16.6. The molecule has 7 heteroatoms. The fraction of sp³-hybridized carbons (Fsp3) is 0.130. The maximum atomic E-state index is 12.8. The van der Waals surface area contributed by atoms with Crippen molar-refractivity contribution in [3.63, 3.8) is 0 Å². The van der Waals surface area contributed by atoms with Gasteiger partial charge < -0.3 is 14.6 Å². The summed E-state index contributed by atoms with van der Waals surface area (Å²) in [5, 5.41) is 2.83. The fourth-order valence-electron chi connectivity index (χ4n) is 3.32. The molecule has 2 heterocycles. The zero-order chi connectivity index (χ0) is 21.1. The molecule has 0 aliphatic rings. The first-order chi connectivity index (χ1) is 14.6. The minimum Gasteiger partial charge on any atom is -0.465 e. The van der Waals surface area contributed by atoms with E-state index in [0.29, 0.717) is 23.4 Å². The Morgan fingerprint density at radius 1 is 1.03 bits per heavy atom. The van der Waals surface area contributed by atoms with Gasteiger partial charge in [0.2, 0.25) is 0 Å². The lowest BCUT2D eigenvalue weighted by Crippen LogP contribution is -2.13. The average molecular weight is 400 g/mol. The largest absolute Gasteiger partial charge is 0.465 e. The smallest absolute Gasteiger partial charge is 0.337 e. The molecule has 0 aliphatic carbocycles. The maximum Gasteiger partial charge on any atom is 0.337 e. The highest BCUT2D eigenvalue weighted by atomic mass is 16.5. The minimum atomic E-state index is -0.458. The first-order valence-electron chi connectivity index (χ1n) is 9.52. The molecular weight excluding hydrogens is 380 g/mol. The highest BCUT2D eigenvalue weighted by molar-refractivity contribution is 6.05. The number of nitrogens with zero attached hydrogens (tertiary/aromatic N) is 3. The van der Waals surface area contributed by atoms with Crippen LogP contribution in [0.5, 0.6) is 0 Å². The number of fused-ring (bicyclic) bond motifs is 1. The van der Waals surface area contributed by atoms with Crippen molar-refractivity contribution in [3.8, 4) is 11.4 Å². The lowest BCUT2D eigenvalue weighted by atomic mass is 10.1. The van der Waals surface area contributed by atoms with E-state index in [2.05, 4.69) is 10.3 Å². The predicted octanol–water partition coefficient (Wildman–Crippen LogP) is 4.16. The second kappa shape index (κ2) is 8.16. The summed E-state index contributed by atoms with van der Waals surface area (Å²) in [6.45, 7) is 2.74. The number of hydrogen-bond donors (Lipinski definition) is 1. The van der Waals surface area contributed by atoms with Gasteiger partial charge in [0.25, 0.3) is 5.91 Å². The monoisotopic (exact) mass is 400 g/mol. The lowest BCUT2D eigenvalue weighted by molar-refractivity contribution is 0.0600. The van der Waals surface area contributed by atoms with E-state index < -0.39 is 5.97 Å². The van der Waals surface area contributed by atoms with Gasteiger partial charge in [-0.15, -0.1) is 0 Å². The van der Waals surface area contributed by atoms with Crippen molar-refractivity contribution in [2.45, 2.75) is 13.5 Å². The molecule has 4 aromatic rings. The van der Waals surface area contributed by atoms with Gasteiger partial charge in [-0.1, -0.05) is 18.2 Å². The summed E-state index contributed by atoms with van der Waals surface area (Å²) in [6.07, 6.45) is 1.74. The van der Waals surface area contributed by atoms with Crippen LogP contribution in [0.2, 0.25) is 0 Å². The Morgan fingerprint density at radius 3 is 2.63 bits per heavy atom. The lowest BCUT2D eigenvalue weighted by Gasteiger charge is -2.09. The molecule has 4 rings (SSSR count). The van der Waals surface area contributed by atoms with E-state index in [-0.39, 0.29) is 5.91 Å². The number of ether oxygens (including phenoxy) is 1. The summed E-state index contributed by atoms with van der Waals surface area (Å²) >= 11 is 0. The molecular formula is C23H20N4O3. The Labute approximate surface area is 173 Å². The number of rotatable bonds is 5. The Kier molecular flexibility index (Phi) is 5.26. The molecule has 0 radical (unpaired) electrons. The number of benzene rings is 2. The van der Waals surface area contributed by atoms with Crippen LogP contribution < -0.4 is 5.32 Å². The van der Waals surface area contributed by atoms with Gasteiger partial charge in [-0.2, -0.15) is 0 Å². The minimum absolute atomic E-state index is 0.281. The van der Waals surface area contributed by atoms with Crippen LogP contribution in [-0.2, 0) is 11.3 Å². The molecule has 7 nitrogen and oxygen atoms in total. The van der Waals surface area contributed by atoms with Crippen LogP contribution in [0.3, 0.4) is 0 Å². The first kappa shape index (κ1) is 19.3. The molecule has 0 aliphatic heterocycles. The summed E-state index contributed by atoms with van der Waals surface area (Å²) < 4.78 is 6.75. The Morgan fingerprint density at radius 2 is 1.83 bits per heavy atom. The van der Waals surface area contributed by atoms with Crippen LogP contribution >= 0.6 is 0 Å². The van der Waals surface area contributed by atoms with Gasteiger partial charge in [0.1, 0.15) is 11.3 Å². The highest BCUT2D eigenvalue weighted by Crippen LogP contribution is 2.25. The summed E-state index contributed by atoms with van der Waals surface area (Å²) in [4.78, 5) is 33.6. The van der Waals surface area contributed by atoms with Crippen molar-refractivity contribution in [2.24, 2.45) is 0 Å². The zero-order valence-electron chi connectivity index (χ0n) is 16.6. The molecule has 0 fully saturated rings. The third kappa shape index (κ3) is 3.65. The van der Waals surface area contributed by atoms with Crippen LogP contribution in [0.25, 0.3) is 22.6 Å². The van der Waals surface area contributed by atoms with E-state index in [4.69, 9.17) is 9.72 Å². The van der Waals surface area contributed by atoms with E-state index in [9.17, 15) is 9.59 Å². The van der Waals surface area contributed by atoms with Crippen molar-refractivity contribution in [1.29, 1.82) is 0 Å². The van der Waals surface area contributed by atoms with Crippen LogP contribution in [0.1, 0.15) is 27.6 Å². The van der Waals surface area contributed by atoms with Gasteiger partial charge in [0.05, 0.1) is 12.7 Å². The highest BCUT2D eigenvalue weighted by Gasteiger charge is 2.15. The topological polar surface area (TPSA) is 86.1 Å². The molecule has 2 aromatic carbocycles. The van der Waals surface area contributed by atoms with Gasteiger partial charge in [0.15, 0.2) is 5.65 Å². The fourth-order valence-corrected chi connectivity index (χ4v) is 3.32. The Hall–Kier alpha value is -4.00. The number of methoxy groups -OCH3 is 1. The van der Waals surface area contributed by atoms with Crippen LogP contribution in [0, 0.1) is 0 Å². The molecule has 30 heavy (non-hydrogen) atoms. The third-order valence-electron chi connectivity index (χ3n) is 4.74. The number of pyridine rings is 1. The number of imidazole rings is 1. The second-order valence-electron chi connectivity index (χ2n) is 6.63. The summed E-state index contributed by atoms with van der Waals surface area (Å²) in [6, 6.07) is 17.7. The molecule has 0 atom stereocenters. The molecule has 1 N–H and O–H groups in total. The molecule has 0 spiro atoms. The molecule has 2 aromatic heterocycles. The molecule has 150 valence electrons. The quantitative estimate of drug-likeness (QED) is 0.509. The number of aryl methyl sites for hydroxylation is 1. The molecule has 0 unspecified atom stereocenters. The van der Waals surface area contributed by atoms with E-state index in [1.54, 1.807) is 42.6 Å². The van der Waals surface area contributed by atoms with Crippen molar-refractivity contribution >= 4 is 28.7 Å². The van der Waals surface area contributed by atoms with Gasteiger partial charge in [-0.05, 0) is 49.4 Å². The number of nitrogens with one attached hydrogen (secondary N) is 1. The van der Waals surface area contributed by atoms with E-state index in [0.717, 1.165) is 22.6 Å². The van der Waals surface area contributed by atoms with Crippen LogP contribution in [-0.4, -0.2) is 33.5 Å². The summed E-state index contributed by atoms with van der Waals surface area (Å²) in [7, 11) is 1.32. The Balaban J connectivity index is 1.64. The molecule has 0 bridgehead atoms. The van der Waals surface area contributed by atoms with Crippen molar-refractivity contribution < 1.29 is 14.3 Å². The first-order valence-corrected chi connectivity index (χ1v) is 9.52. The summed E-state index contributed by atoms with van der Waals surface area (Å²) in [5.74, 6) is 0.0184. The second-order valence-corrected chi connectivity index (χ2v) is 6.63. The number of esters is 1.